The number of phenols is 1. The van der Waals surface area contributed by atoms with Crippen LogP contribution in [0.15, 0.2) is 18.2 Å². The molecule has 0 heterocycles. The molecule has 1 atom stereocenters. The van der Waals surface area contributed by atoms with Crippen molar-refractivity contribution in [3.05, 3.63) is 29.3 Å². The largest absolute Gasteiger partial charge is 0.507 e. The van der Waals surface area contributed by atoms with E-state index in [2.05, 4.69) is 0 Å². The van der Waals surface area contributed by atoms with Crippen LogP contribution in [0.2, 0.25) is 0 Å². The van der Waals surface area contributed by atoms with Gasteiger partial charge < -0.3 is 15.1 Å². The highest BCUT2D eigenvalue weighted by Gasteiger charge is 2.20. The SMILES string of the molecule is Cc1cccc(C(=O)N(C)C(C)CO)c1O. The first kappa shape index (κ1) is 12.5. The zero-order valence-corrected chi connectivity index (χ0v) is 9.77. The fourth-order valence-corrected chi connectivity index (χ4v) is 1.34. The fourth-order valence-electron chi connectivity index (χ4n) is 1.34. The molecule has 4 nitrogen and oxygen atoms in total. The van der Waals surface area contributed by atoms with Gasteiger partial charge in [0.25, 0.3) is 5.91 Å². The topological polar surface area (TPSA) is 60.8 Å². The Morgan fingerprint density at radius 3 is 2.69 bits per heavy atom. The number of benzene rings is 1. The summed E-state index contributed by atoms with van der Waals surface area (Å²) in [5.41, 5.74) is 0.929. The van der Waals surface area contributed by atoms with Crippen molar-refractivity contribution in [2.24, 2.45) is 0 Å². The highest BCUT2D eigenvalue weighted by atomic mass is 16.3. The molecule has 0 aliphatic carbocycles. The van der Waals surface area contributed by atoms with Gasteiger partial charge in [0, 0.05) is 7.05 Å². The number of aromatic hydroxyl groups is 1. The van der Waals surface area contributed by atoms with E-state index in [-0.39, 0.29) is 29.9 Å². The predicted molar refractivity (Wildman–Crippen MR) is 61.5 cm³/mol. The molecule has 0 saturated carbocycles. The van der Waals surface area contributed by atoms with E-state index in [4.69, 9.17) is 5.11 Å². The number of carbonyl (C=O) groups is 1. The minimum Gasteiger partial charge on any atom is -0.507 e. The van der Waals surface area contributed by atoms with Crippen molar-refractivity contribution in [3.63, 3.8) is 0 Å². The van der Waals surface area contributed by atoms with Crippen molar-refractivity contribution in [2.45, 2.75) is 19.9 Å². The second kappa shape index (κ2) is 4.99. The Morgan fingerprint density at radius 1 is 1.50 bits per heavy atom. The van der Waals surface area contributed by atoms with Gasteiger partial charge in [-0.25, -0.2) is 0 Å². The van der Waals surface area contributed by atoms with Crippen LogP contribution in [0.3, 0.4) is 0 Å². The van der Waals surface area contributed by atoms with Crippen LogP contribution >= 0.6 is 0 Å². The average Bonchev–Trinajstić information content (AvgIpc) is 2.29. The van der Waals surface area contributed by atoms with Gasteiger partial charge in [0.05, 0.1) is 18.2 Å². The van der Waals surface area contributed by atoms with Crippen LogP contribution in [0.4, 0.5) is 0 Å². The third-order valence-corrected chi connectivity index (χ3v) is 2.71. The molecule has 0 saturated heterocycles. The molecular weight excluding hydrogens is 206 g/mol. The second-order valence-corrected chi connectivity index (χ2v) is 3.92. The van der Waals surface area contributed by atoms with Crippen molar-refractivity contribution >= 4 is 5.91 Å². The molecule has 0 fully saturated rings. The number of likely N-dealkylation sites (N-methyl/N-ethyl adjacent to an activating group) is 1. The maximum atomic E-state index is 12.0. The van der Waals surface area contributed by atoms with E-state index in [1.165, 1.54) is 4.90 Å². The quantitative estimate of drug-likeness (QED) is 0.808. The lowest BCUT2D eigenvalue weighted by Gasteiger charge is -2.23. The molecular formula is C12H17NO3. The molecule has 0 spiro atoms. The monoisotopic (exact) mass is 223 g/mol. The van der Waals surface area contributed by atoms with Gasteiger partial charge in [-0.15, -0.1) is 0 Å². The third kappa shape index (κ3) is 2.33. The summed E-state index contributed by atoms with van der Waals surface area (Å²) in [6, 6.07) is 4.76. The van der Waals surface area contributed by atoms with Gasteiger partial charge in [0.1, 0.15) is 5.75 Å². The van der Waals surface area contributed by atoms with Gasteiger partial charge in [0.2, 0.25) is 0 Å². The van der Waals surface area contributed by atoms with Crippen molar-refractivity contribution in [3.8, 4) is 5.75 Å². The van der Waals surface area contributed by atoms with Crippen LogP contribution in [0.5, 0.6) is 5.75 Å². The predicted octanol–water partition coefficient (Wildman–Crippen LogP) is 1.15. The summed E-state index contributed by atoms with van der Waals surface area (Å²) in [4.78, 5) is 13.4. The van der Waals surface area contributed by atoms with Crippen LogP contribution in [0, 0.1) is 6.92 Å². The van der Waals surface area contributed by atoms with Gasteiger partial charge in [-0.2, -0.15) is 0 Å². The van der Waals surface area contributed by atoms with Crippen LogP contribution in [-0.2, 0) is 0 Å². The summed E-state index contributed by atoms with van der Waals surface area (Å²) < 4.78 is 0. The molecule has 0 radical (unpaired) electrons. The van der Waals surface area contributed by atoms with E-state index in [0.29, 0.717) is 5.56 Å². The first-order valence-electron chi connectivity index (χ1n) is 5.15. The van der Waals surface area contributed by atoms with E-state index in [1.54, 1.807) is 39.1 Å². The van der Waals surface area contributed by atoms with Crippen molar-refractivity contribution in [1.82, 2.24) is 4.90 Å². The number of aliphatic hydroxyl groups is 1. The van der Waals surface area contributed by atoms with E-state index in [9.17, 15) is 9.90 Å². The summed E-state index contributed by atoms with van der Waals surface area (Å²) in [5.74, 6) is -0.285. The molecule has 88 valence electrons. The molecule has 1 unspecified atom stereocenters. The van der Waals surface area contributed by atoms with Crippen LogP contribution in [0.25, 0.3) is 0 Å². The highest BCUT2D eigenvalue weighted by Crippen LogP contribution is 2.22. The molecule has 4 heteroatoms. The van der Waals surface area contributed by atoms with Gasteiger partial charge in [-0.3, -0.25) is 4.79 Å². The molecule has 1 aromatic rings. The number of para-hydroxylation sites is 1. The minimum atomic E-state index is -0.289. The summed E-state index contributed by atoms with van der Waals surface area (Å²) in [5, 5.41) is 18.7. The summed E-state index contributed by atoms with van der Waals surface area (Å²) in [6.07, 6.45) is 0. The Labute approximate surface area is 95.1 Å². The number of aryl methyl sites for hydroxylation is 1. The van der Waals surface area contributed by atoms with Crippen LogP contribution in [-0.4, -0.2) is 40.7 Å². The number of nitrogens with zero attached hydrogens (tertiary/aromatic N) is 1. The normalized spacial score (nSPS) is 12.2. The van der Waals surface area contributed by atoms with Crippen molar-refractivity contribution in [2.75, 3.05) is 13.7 Å². The Kier molecular flexibility index (Phi) is 3.90. The van der Waals surface area contributed by atoms with Crippen molar-refractivity contribution in [1.29, 1.82) is 0 Å². The van der Waals surface area contributed by atoms with Crippen molar-refractivity contribution < 1.29 is 15.0 Å². The average molecular weight is 223 g/mol. The Balaban J connectivity index is 3.01. The second-order valence-electron chi connectivity index (χ2n) is 3.92. The minimum absolute atomic E-state index is 0.00416. The summed E-state index contributed by atoms with van der Waals surface area (Å²) >= 11 is 0. The zero-order valence-electron chi connectivity index (χ0n) is 9.77. The van der Waals surface area contributed by atoms with Crippen LogP contribution in [0.1, 0.15) is 22.8 Å². The van der Waals surface area contributed by atoms with E-state index < -0.39 is 0 Å². The smallest absolute Gasteiger partial charge is 0.257 e. The lowest BCUT2D eigenvalue weighted by Crippen LogP contribution is -2.37. The number of hydrogen-bond acceptors (Lipinski definition) is 3. The van der Waals surface area contributed by atoms with Gasteiger partial charge in [-0.05, 0) is 25.5 Å². The molecule has 2 N–H and O–H groups in total. The van der Waals surface area contributed by atoms with Gasteiger partial charge >= 0.3 is 0 Å². The standard InChI is InChI=1S/C12H17NO3/c1-8-5-4-6-10(11(8)15)12(16)13(3)9(2)7-14/h4-6,9,14-15H,7H2,1-3H3. The number of carbonyl (C=O) groups excluding carboxylic acids is 1. The number of amides is 1. The summed E-state index contributed by atoms with van der Waals surface area (Å²) in [6.45, 7) is 3.38. The number of hydrogen-bond donors (Lipinski definition) is 2. The maximum Gasteiger partial charge on any atom is 0.257 e. The van der Waals surface area contributed by atoms with E-state index in [0.717, 1.165) is 0 Å². The summed E-state index contributed by atoms with van der Waals surface area (Å²) in [7, 11) is 1.60. The fraction of sp³-hybridized carbons (Fsp3) is 0.417. The molecule has 0 aliphatic heterocycles. The Morgan fingerprint density at radius 2 is 2.12 bits per heavy atom. The molecule has 0 bridgehead atoms. The first-order chi connectivity index (χ1) is 7.49. The number of aliphatic hydroxyl groups excluding tert-OH is 1. The van der Waals surface area contributed by atoms with Gasteiger partial charge in [0.15, 0.2) is 0 Å². The number of phenolic OH excluding ortho intramolecular Hbond substituents is 1. The molecule has 0 aliphatic rings. The lowest BCUT2D eigenvalue weighted by molar-refractivity contribution is 0.0679. The third-order valence-electron chi connectivity index (χ3n) is 2.71. The number of rotatable bonds is 3. The Hall–Kier alpha value is -1.55. The van der Waals surface area contributed by atoms with E-state index >= 15 is 0 Å². The zero-order chi connectivity index (χ0) is 12.3. The lowest BCUT2D eigenvalue weighted by atomic mass is 10.1. The maximum absolute atomic E-state index is 12.0. The van der Waals surface area contributed by atoms with Crippen LogP contribution < -0.4 is 0 Å². The Bertz CT molecular complexity index is 390. The van der Waals surface area contributed by atoms with E-state index in [1.807, 2.05) is 0 Å². The highest BCUT2D eigenvalue weighted by molar-refractivity contribution is 5.97. The molecule has 1 aromatic carbocycles. The van der Waals surface area contributed by atoms with Gasteiger partial charge in [-0.1, -0.05) is 12.1 Å². The molecule has 1 rings (SSSR count). The molecule has 0 aromatic heterocycles. The molecule has 16 heavy (non-hydrogen) atoms. The molecule has 1 amide bonds. The first-order valence-corrected chi connectivity index (χ1v) is 5.15.